The highest BCUT2D eigenvalue weighted by molar-refractivity contribution is 6.00. The SMILES string of the molecule is C=C(CN=C(C)c1ccccc1C)c1ccc(-c2c(C)n[nH]c2C)c(C)c1. The van der Waals surface area contributed by atoms with Crippen LogP contribution in [0.1, 0.15) is 40.6 Å². The van der Waals surface area contributed by atoms with Gasteiger partial charge in [0.2, 0.25) is 0 Å². The summed E-state index contributed by atoms with van der Waals surface area (Å²) in [5, 5.41) is 7.38. The Hall–Kier alpha value is -2.94. The number of hydrogen-bond donors (Lipinski definition) is 1. The second-order valence-corrected chi connectivity index (χ2v) is 7.16. The molecule has 0 aliphatic carbocycles. The van der Waals surface area contributed by atoms with Crippen molar-refractivity contribution in [3.8, 4) is 11.1 Å². The van der Waals surface area contributed by atoms with E-state index in [1.54, 1.807) is 0 Å². The third-order valence-corrected chi connectivity index (χ3v) is 5.07. The molecule has 0 saturated heterocycles. The van der Waals surface area contributed by atoms with Crippen molar-refractivity contribution in [1.29, 1.82) is 0 Å². The summed E-state index contributed by atoms with van der Waals surface area (Å²) in [6, 6.07) is 14.8. The quantitative estimate of drug-likeness (QED) is 0.573. The molecule has 3 rings (SSSR count). The maximum absolute atomic E-state index is 4.76. The molecule has 0 aliphatic rings. The van der Waals surface area contributed by atoms with Gasteiger partial charge >= 0.3 is 0 Å². The first-order valence-corrected chi connectivity index (χ1v) is 9.26. The van der Waals surface area contributed by atoms with Gasteiger partial charge in [-0.1, -0.05) is 49.0 Å². The Balaban J connectivity index is 1.81. The second kappa shape index (κ2) is 7.75. The number of aryl methyl sites for hydroxylation is 4. The van der Waals surface area contributed by atoms with Crippen molar-refractivity contribution in [3.05, 3.63) is 82.7 Å². The molecule has 3 heteroatoms. The van der Waals surface area contributed by atoms with Gasteiger partial charge in [0.25, 0.3) is 0 Å². The summed E-state index contributed by atoms with van der Waals surface area (Å²) < 4.78 is 0. The molecule has 0 unspecified atom stereocenters. The molecule has 0 saturated carbocycles. The minimum atomic E-state index is 0.600. The lowest BCUT2D eigenvalue weighted by Gasteiger charge is -2.11. The molecule has 0 atom stereocenters. The Labute approximate surface area is 161 Å². The van der Waals surface area contributed by atoms with Crippen molar-refractivity contribution in [3.63, 3.8) is 0 Å². The molecule has 1 aromatic heterocycles. The molecule has 0 amide bonds. The van der Waals surface area contributed by atoms with Gasteiger partial charge in [0.15, 0.2) is 0 Å². The zero-order chi connectivity index (χ0) is 19.6. The monoisotopic (exact) mass is 357 g/mol. The predicted molar refractivity (Wildman–Crippen MR) is 116 cm³/mol. The highest BCUT2D eigenvalue weighted by Crippen LogP contribution is 2.30. The summed E-state index contributed by atoms with van der Waals surface area (Å²) in [5.74, 6) is 0. The normalized spacial score (nSPS) is 11.7. The van der Waals surface area contributed by atoms with Gasteiger partial charge in [0.05, 0.1) is 12.2 Å². The first-order valence-electron chi connectivity index (χ1n) is 9.26. The van der Waals surface area contributed by atoms with Gasteiger partial charge in [-0.3, -0.25) is 10.1 Å². The Morgan fingerprint density at radius 2 is 1.78 bits per heavy atom. The van der Waals surface area contributed by atoms with Gasteiger partial charge in [-0.05, 0) is 68.0 Å². The average Bonchev–Trinajstić information content (AvgIpc) is 2.98. The van der Waals surface area contributed by atoms with Crippen LogP contribution >= 0.6 is 0 Å². The molecule has 3 aromatic rings. The molecular weight excluding hydrogens is 330 g/mol. The lowest BCUT2D eigenvalue weighted by atomic mass is 9.95. The molecule has 3 nitrogen and oxygen atoms in total. The molecule has 0 spiro atoms. The zero-order valence-corrected chi connectivity index (χ0v) is 16.9. The van der Waals surface area contributed by atoms with Crippen molar-refractivity contribution in [2.75, 3.05) is 6.54 Å². The van der Waals surface area contributed by atoms with Gasteiger partial charge in [-0.2, -0.15) is 5.10 Å². The summed E-state index contributed by atoms with van der Waals surface area (Å²) >= 11 is 0. The largest absolute Gasteiger partial charge is 0.285 e. The van der Waals surface area contributed by atoms with Crippen molar-refractivity contribution in [2.45, 2.75) is 34.6 Å². The summed E-state index contributed by atoms with van der Waals surface area (Å²) in [4.78, 5) is 4.76. The molecule has 1 heterocycles. The van der Waals surface area contributed by atoms with E-state index in [9.17, 15) is 0 Å². The van der Waals surface area contributed by atoms with Crippen LogP contribution in [-0.2, 0) is 0 Å². The number of benzene rings is 2. The maximum atomic E-state index is 4.76. The maximum Gasteiger partial charge on any atom is 0.0672 e. The van der Waals surface area contributed by atoms with E-state index < -0.39 is 0 Å². The van der Waals surface area contributed by atoms with Gasteiger partial charge in [0, 0.05) is 17.0 Å². The second-order valence-electron chi connectivity index (χ2n) is 7.16. The van der Waals surface area contributed by atoms with Crippen LogP contribution in [0.15, 0.2) is 54.0 Å². The van der Waals surface area contributed by atoms with Gasteiger partial charge in [-0.15, -0.1) is 0 Å². The minimum absolute atomic E-state index is 0.600. The molecule has 0 aliphatic heterocycles. The first-order chi connectivity index (χ1) is 12.9. The lowest BCUT2D eigenvalue weighted by Crippen LogP contribution is -2.00. The fourth-order valence-electron chi connectivity index (χ4n) is 3.48. The number of nitrogens with one attached hydrogen (secondary N) is 1. The number of H-pyrrole nitrogens is 1. The van der Waals surface area contributed by atoms with E-state index in [1.165, 1.54) is 27.8 Å². The van der Waals surface area contributed by atoms with Crippen LogP contribution in [0.3, 0.4) is 0 Å². The lowest BCUT2D eigenvalue weighted by molar-refractivity contribution is 1.02. The van der Waals surface area contributed by atoms with Gasteiger partial charge in [-0.25, -0.2) is 0 Å². The van der Waals surface area contributed by atoms with E-state index in [0.717, 1.165) is 28.2 Å². The highest BCUT2D eigenvalue weighted by atomic mass is 15.1. The molecule has 0 bridgehead atoms. The smallest absolute Gasteiger partial charge is 0.0672 e. The topological polar surface area (TPSA) is 41.0 Å². The first kappa shape index (κ1) is 18.8. The Kier molecular flexibility index (Phi) is 5.41. The van der Waals surface area contributed by atoms with Crippen LogP contribution in [0.5, 0.6) is 0 Å². The molecule has 2 aromatic carbocycles. The standard InChI is InChI=1S/C24H27N3/c1-15-9-7-8-10-22(15)18(4)25-14-17(3)21-11-12-23(16(2)13-21)24-19(5)26-27-20(24)6/h7-13H,3,14H2,1-2,4-6H3,(H,26,27). The molecule has 0 fully saturated rings. The average molecular weight is 358 g/mol. The Morgan fingerprint density at radius 1 is 1.04 bits per heavy atom. The summed E-state index contributed by atoms with van der Waals surface area (Å²) in [6.07, 6.45) is 0. The van der Waals surface area contributed by atoms with Crippen LogP contribution in [0.2, 0.25) is 0 Å². The number of aromatic amines is 1. The third-order valence-electron chi connectivity index (χ3n) is 5.07. The van der Waals surface area contributed by atoms with Crippen molar-refractivity contribution >= 4 is 11.3 Å². The molecule has 138 valence electrons. The van der Waals surface area contributed by atoms with E-state index in [4.69, 9.17) is 4.99 Å². The molecular formula is C24H27N3. The van der Waals surface area contributed by atoms with Crippen LogP contribution in [-0.4, -0.2) is 22.5 Å². The number of rotatable bonds is 5. The van der Waals surface area contributed by atoms with E-state index in [1.807, 2.05) is 6.92 Å². The number of aliphatic imine (C=N–C) groups is 1. The van der Waals surface area contributed by atoms with Crippen molar-refractivity contribution in [1.82, 2.24) is 10.2 Å². The van der Waals surface area contributed by atoms with Crippen LogP contribution < -0.4 is 0 Å². The fraction of sp³-hybridized carbons (Fsp3) is 0.250. The number of aromatic nitrogens is 2. The summed E-state index contributed by atoms with van der Waals surface area (Å²) in [7, 11) is 0. The summed E-state index contributed by atoms with van der Waals surface area (Å²) in [5.41, 5.74) is 11.4. The zero-order valence-electron chi connectivity index (χ0n) is 16.9. The highest BCUT2D eigenvalue weighted by Gasteiger charge is 2.12. The Bertz CT molecular complexity index is 1000. The van der Waals surface area contributed by atoms with E-state index in [2.05, 4.69) is 86.9 Å². The Morgan fingerprint density at radius 3 is 2.41 bits per heavy atom. The molecule has 1 N–H and O–H groups in total. The summed E-state index contributed by atoms with van der Waals surface area (Å²) in [6.45, 7) is 15.3. The van der Waals surface area contributed by atoms with Crippen LogP contribution in [0, 0.1) is 27.7 Å². The van der Waals surface area contributed by atoms with Gasteiger partial charge in [0.1, 0.15) is 0 Å². The van der Waals surface area contributed by atoms with E-state index >= 15 is 0 Å². The number of hydrogen-bond acceptors (Lipinski definition) is 2. The number of nitrogens with zero attached hydrogens (tertiary/aromatic N) is 2. The predicted octanol–water partition coefficient (Wildman–Crippen LogP) is 5.83. The van der Waals surface area contributed by atoms with Crippen LogP contribution in [0.25, 0.3) is 16.7 Å². The van der Waals surface area contributed by atoms with Crippen molar-refractivity contribution in [2.24, 2.45) is 4.99 Å². The van der Waals surface area contributed by atoms with Crippen molar-refractivity contribution < 1.29 is 0 Å². The van der Waals surface area contributed by atoms with Crippen LogP contribution in [0.4, 0.5) is 0 Å². The fourth-order valence-corrected chi connectivity index (χ4v) is 3.48. The minimum Gasteiger partial charge on any atom is -0.285 e. The van der Waals surface area contributed by atoms with E-state index in [0.29, 0.717) is 6.54 Å². The molecule has 0 radical (unpaired) electrons. The van der Waals surface area contributed by atoms with Gasteiger partial charge < -0.3 is 0 Å². The third kappa shape index (κ3) is 3.92. The molecule has 27 heavy (non-hydrogen) atoms. The van der Waals surface area contributed by atoms with E-state index in [-0.39, 0.29) is 0 Å².